The van der Waals surface area contributed by atoms with Crippen LogP contribution >= 0.6 is 0 Å². The first-order valence-corrected chi connectivity index (χ1v) is 9.79. The van der Waals surface area contributed by atoms with E-state index in [1.165, 1.54) is 0 Å². The number of carbonyl (C=O) groups is 1. The average Bonchev–Trinajstić information content (AvgIpc) is 3.24. The van der Waals surface area contributed by atoms with Crippen LogP contribution in [0.1, 0.15) is 16.2 Å². The molecule has 2 aromatic carbocycles. The molecule has 158 valence electrons. The Bertz CT molecular complexity index is 1450. The number of methoxy groups -OCH3 is 1. The topological polar surface area (TPSA) is 118 Å². The highest BCUT2D eigenvalue weighted by Crippen LogP contribution is 2.27. The van der Waals surface area contributed by atoms with Crippen molar-refractivity contribution in [3.63, 3.8) is 0 Å². The number of rotatable bonds is 6. The number of pyridine rings is 1. The Morgan fingerprint density at radius 2 is 1.88 bits per heavy atom. The van der Waals surface area contributed by atoms with Crippen LogP contribution in [-0.2, 0) is 6.61 Å². The summed E-state index contributed by atoms with van der Waals surface area (Å²) in [6, 6.07) is 18.0. The van der Waals surface area contributed by atoms with Crippen LogP contribution in [0.4, 0.5) is 0 Å². The molecule has 9 nitrogen and oxygen atoms in total. The third kappa shape index (κ3) is 3.56. The number of hydrogen-bond acceptors (Lipinski definition) is 7. The molecule has 0 aliphatic rings. The molecular formula is C23H18N6O3. The molecule has 0 saturated carbocycles. The maximum absolute atomic E-state index is 11.3. The molecule has 0 atom stereocenters. The first-order valence-electron chi connectivity index (χ1n) is 9.79. The summed E-state index contributed by atoms with van der Waals surface area (Å²) in [4.78, 5) is 15.7. The second-order valence-corrected chi connectivity index (χ2v) is 7.03. The first-order chi connectivity index (χ1) is 15.6. The minimum atomic E-state index is -0.472. The van der Waals surface area contributed by atoms with Crippen molar-refractivity contribution in [2.45, 2.75) is 6.61 Å². The molecule has 3 heterocycles. The molecule has 32 heavy (non-hydrogen) atoms. The van der Waals surface area contributed by atoms with Gasteiger partial charge in [0.2, 0.25) is 5.91 Å². The van der Waals surface area contributed by atoms with Crippen molar-refractivity contribution >= 4 is 22.5 Å². The number of hydrogen-bond donors (Lipinski definition) is 1. The van der Waals surface area contributed by atoms with Gasteiger partial charge in [0.25, 0.3) is 0 Å². The largest absolute Gasteiger partial charge is 0.497 e. The van der Waals surface area contributed by atoms with Crippen molar-refractivity contribution in [3.05, 3.63) is 78.2 Å². The van der Waals surface area contributed by atoms with E-state index in [4.69, 9.17) is 15.2 Å². The summed E-state index contributed by atoms with van der Waals surface area (Å²) >= 11 is 0. The molecule has 9 heteroatoms. The van der Waals surface area contributed by atoms with Crippen LogP contribution < -0.4 is 15.2 Å². The monoisotopic (exact) mass is 426 g/mol. The van der Waals surface area contributed by atoms with E-state index < -0.39 is 5.91 Å². The third-order valence-corrected chi connectivity index (χ3v) is 5.06. The summed E-state index contributed by atoms with van der Waals surface area (Å²) in [6.45, 7) is 0.170. The molecule has 3 aromatic heterocycles. The van der Waals surface area contributed by atoms with Gasteiger partial charge in [0.05, 0.1) is 18.3 Å². The lowest BCUT2D eigenvalue weighted by Gasteiger charge is -2.09. The highest BCUT2D eigenvalue weighted by atomic mass is 16.5. The van der Waals surface area contributed by atoms with Crippen LogP contribution in [0.3, 0.4) is 0 Å². The normalized spacial score (nSPS) is 11.0. The van der Waals surface area contributed by atoms with E-state index in [1.807, 2.05) is 30.3 Å². The van der Waals surface area contributed by atoms with Crippen LogP contribution in [0, 0.1) is 0 Å². The van der Waals surface area contributed by atoms with Gasteiger partial charge < -0.3 is 15.2 Å². The molecule has 0 aliphatic heterocycles. The van der Waals surface area contributed by atoms with Gasteiger partial charge in [-0.3, -0.25) is 9.78 Å². The van der Waals surface area contributed by atoms with Crippen LogP contribution in [0.25, 0.3) is 27.8 Å². The van der Waals surface area contributed by atoms with E-state index in [2.05, 4.69) is 20.3 Å². The van der Waals surface area contributed by atoms with Crippen LogP contribution in [0.15, 0.2) is 66.9 Å². The first kappa shape index (κ1) is 19.4. The predicted octanol–water partition coefficient (Wildman–Crippen LogP) is 3.03. The second kappa shape index (κ2) is 7.95. The van der Waals surface area contributed by atoms with E-state index in [0.29, 0.717) is 28.5 Å². The number of benzene rings is 2. The van der Waals surface area contributed by atoms with E-state index in [1.54, 1.807) is 48.2 Å². The number of nitrogens with zero attached hydrogens (tertiary/aromatic N) is 5. The Balaban J connectivity index is 1.43. The van der Waals surface area contributed by atoms with Crippen molar-refractivity contribution in [1.82, 2.24) is 24.8 Å². The fraction of sp³-hybridized carbons (Fsp3) is 0.0870. The Hall–Kier alpha value is -4.53. The molecule has 0 spiro atoms. The lowest BCUT2D eigenvalue weighted by Crippen LogP contribution is -2.10. The summed E-state index contributed by atoms with van der Waals surface area (Å²) in [5, 5.41) is 13.9. The molecule has 1 amide bonds. The van der Waals surface area contributed by atoms with E-state index in [0.717, 1.165) is 22.2 Å². The zero-order chi connectivity index (χ0) is 22.1. The van der Waals surface area contributed by atoms with Crippen LogP contribution in [0.5, 0.6) is 11.5 Å². The molecule has 0 saturated heterocycles. The highest BCUT2D eigenvalue weighted by Gasteiger charge is 2.12. The zero-order valence-electron chi connectivity index (χ0n) is 17.1. The summed E-state index contributed by atoms with van der Waals surface area (Å²) in [7, 11) is 1.62. The Morgan fingerprint density at radius 1 is 1.03 bits per heavy atom. The number of fused-ring (bicyclic) bond motifs is 2. The fourth-order valence-corrected chi connectivity index (χ4v) is 3.38. The minimum Gasteiger partial charge on any atom is -0.497 e. The standard InChI is InChI=1S/C23H18N6O3/c1-31-16-6-7-17-19(12-16)25-11-10-20(17)32-13-22-27-26-21-9-8-18(28-29(21)22)14-2-4-15(5-3-14)23(24)30/h2-12H,13H2,1H3,(H2,24,30). The number of ether oxygens (including phenoxy) is 2. The molecule has 0 aliphatic carbocycles. The smallest absolute Gasteiger partial charge is 0.248 e. The van der Waals surface area contributed by atoms with Gasteiger partial charge in [0.15, 0.2) is 11.5 Å². The Labute approximate surface area is 182 Å². The number of carbonyl (C=O) groups excluding carboxylic acids is 1. The molecule has 0 unspecified atom stereocenters. The van der Waals surface area contributed by atoms with Gasteiger partial charge in [-0.1, -0.05) is 12.1 Å². The van der Waals surface area contributed by atoms with Gasteiger partial charge in [-0.2, -0.15) is 9.61 Å². The zero-order valence-corrected chi connectivity index (χ0v) is 17.1. The lowest BCUT2D eigenvalue weighted by atomic mass is 10.1. The van der Waals surface area contributed by atoms with Gasteiger partial charge in [-0.15, -0.1) is 10.2 Å². The summed E-state index contributed by atoms with van der Waals surface area (Å²) in [6.07, 6.45) is 1.69. The third-order valence-electron chi connectivity index (χ3n) is 5.06. The molecule has 5 rings (SSSR count). The number of nitrogens with two attached hydrogens (primary N) is 1. The van der Waals surface area contributed by atoms with E-state index in [-0.39, 0.29) is 6.61 Å². The number of amides is 1. The summed E-state index contributed by atoms with van der Waals surface area (Å²) < 4.78 is 12.9. The number of primary amides is 1. The van der Waals surface area contributed by atoms with E-state index in [9.17, 15) is 4.79 Å². The van der Waals surface area contributed by atoms with E-state index >= 15 is 0 Å². The predicted molar refractivity (Wildman–Crippen MR) is 117 cm³/mol. The van der Waals surface area contributed by atoms with Crippen molar-refractivity contribution in [2.24, 2.45) is 5.73 Å². The summed E-state index contributed by atoms with van der Waals surface area (Å²) in [5.74, 6) is 1.48. The Kier molecular flexibility index (Phi) is 4.83. The van der Waals surface area contributed by atoms with Gasteiger partial charge in [0.1, 0.15) is 18.1 Å². The van der Waals surface area contributed by atoms with Crippen molar-refractivity contribution < 1.29 is 14.3 Å². The highest BCUT2D eigenvalue weighted by molar-refractivity contribution is 5.93. The van der Waals surface area contributed by atoms with Gasteiger partial charge in [-0.25, -0.2) is 0 Å². The molecule has 0 bridgehead atoms. The quantitative estimate of drug-likeness (QED) is 0.443. The molecular weight excluding hydrogens is 408 g/mol. The van der Waals surface area contributed by atoms with Crippen molar-refractivity contribution in [3.8, 4) is 22.8 Å². The van der Waals surface area contributed by atoms with Crippen molar-refractivity contribution in [2.75, 3.05) is 7.11 Å². The minimum absolute atomic E-state index is 0.170. The maximum atomic E-state index is 11.3. The van der Waals surface area contributed by atoms with Gasteiger partial charge in [-0.05, 0) is 42.5 Å². The SMILES string of the molecule is COc1ccc2c(OCc3nnc4ccc(-c5ccc(C(N)=O)cc5)nn34)ccnc2c1. The van der Waals surface area contributed by atoms with Gasteiger partial charge >= 0.3 is 0 Å². The van der Waals surface area contributed by atoms with Crippen LogP contribution in [0.2, 0.25) is 0 Å². The average molecular weight is 426 g/mol. The lowest BCUT2D eigenvalue weighted by molar-refractivity contribution is 0.100. The summed E-state index contributed by atoms with van der Waals surface area (Å²) in [5.41, 5.74) is 8.67. The molecule has 0 fully saturated rings. The molecule has 5 aromatic rings. The molecule has 2 N–H and O–H groups in total. The Morgan fingerprint density at radius 3 is 2.66 bits per heavy atom. The van der Waals surface area contributed by atoms with Crippen molar-refractivity contribution in [1.29, 1.82) is 0 Å². The fourth-order valence-electron chi connectivity index (χ4n) is 3.38. The second-order valence-electron chi connectivity index (χ2n) is 7.03. The van der Waals surface area contributed by atoms with Gasteiger partial charge in [0, 0.05) is 28.8 Å². The number of aromatic nitrogens is 5. The maximum Gasteiger partial charge on any atom is 0.248 e. The molecule has 0 radical (unpaired) electrons. The van der Waals surface area contributed by atoms with Crippen LogP contribution in [-0.4, -0.2) is 37.8 Å².